The third-order valence-electron chi connectivity index (χ3n) is 2.64. The van der Waals surface area contributed by atoms with Gasteiger partial charge in [-0.05, 0) is 19.3 Å². The Hall–Kier alpha value is -0.0400. The van der Waals surface area contributed by atoms with Gasteiger partial charge in [0.2, 0.25) is 0 Å². The zero-order chi connectivity index (χ0) is 9.40. The fraction of sp³-hybridized carbons (Fsp3) is 1.00. The molecule has 2 atom stereocenters. The van der Waals surface area contributed by atoms with E-state index in [0.29, 0.717) is 5.92 Å². The number of rotatable bonds is 7. The van der Waals surface area contributed by atoms with Gasteiger partial charge < -0.3 is 5.11 Å². The lowest BCUT2D eigenvalue weighted by atomic mass is 9.94. The van der Waals surface area contributed by atoms with Crippen LogP contribution in [0.15, 0.2) is 0 Å². The van der Waals surface area contributed by atoms with Crippen LogP contribution in [0.4, 0.5) is 0 Å². The van der Waals surface area contributed by atoms with Gasteiger partial charge in [-0.25, -0.2) is 0 Å². The number of hydrogen-bond donors (Lipinski definition) is 1. The van der Waals surface area contributed by atoms with Crippen LogP contribution in [0.25, 0.3) is 0 Å². The molecule has 0 aliphatic heterocycles. The summed E-state index contributed by atoms with van der Waals surface area (Å²) >= 11 is 0. The van der Waals surface area contributed by atoms with Crippen LogP contribution < -0.4 is 0 Å². The summed E-state index contributed by atoms with van der Waals surface area (Å²) in [6, 6.07) is 0. The molecule has 74 valence electrons. The standard InChI is InChI=1S/C11H24O/c1-4-6-7-8-9-11(5-2)10(3)12/h10-12H,4-9H2,1-3H3. The molecule has 1 N–H and O–H groups in total. The van der Waals surface area contributed by atoms with Crippen LogP contribution in [-0.4, -0.2) is 11.2 Å². The van der Waals surface area contributed by atoms with Crippen molar-refractivity contribution in [2.45, 2.75) is 65.4 Å². The van der Waals surface area contributed by atoms with Crippen LogP contribution in [0.5, 0.6) is 0 Å². The van der Waals surface area contributed by atoms with Gasteiger partial charge >= 0.3 is 0 Å². The third-order valence-corrected chi connectivity index (χ3v) is 2.64. The van der Waals surface area contributed by atoms with E-state index in [2.05, 4.69) is 13.8 Å². The van der Waals surface area contributed by atoms with E-state index in [1.165, 1.54) is 32.1 Å². The molecule has 1 heteroatoms. The van der Waals surface area contributed by atoms with E-state index < -0.39 is 0 Å². The van der Waals surface area contributed by atoms with Crippen LogP contribution in [0.1, 0.15) is 59.3 Å². The van der Waals surface area contributed by atoms with Crippen molar-refractivity contribution < 1.29 is 5.11 Å². The first-order valence-electron chi connectivity index (χ1n) is 5.40. The van der Waals surface area contributed by atoms with E-state index in [1.807, 2.05) is 6.92 Å². The van der Waals surface area contributed by atoms with Crippen LogP contribution in [0.2, 0.25) is 0 Å². The highest BCUT2D eigenvalue weighted by molar-refractivity contribution is 4.62. The molecule has 1 nitrogen and oxygen atoms in total. The van der Waals surface area contributed by atoms with Crippen LogP contribution in [0.3, 0.4) is 0 Å². The second-order valence-corrected chi connectivity index (χ2v) is 3.76. The molecule has 0 fully saturated rings. The first-order valence-corrected chi connectivity index (χ1v) is 5.40. The maximum absolute atomic E-state index is 9.37. The predicted molar refractivity (Wildman–Crippen MR) is 54.2 cm³/mol. The quantitative estimate of drug-likeness (QED) is 0.584. The van der Waals surface area contributed by atoms with Gasteiger partial charge in [-0.2, -0.15) is 0 Å². The lowest BCUT2D eigenvalue weighted by Gasteiger charge is -2.17. The summed E-state index contributed by atoms with van der Waals surface area (Å²) in [7, 11) is 0. The Kier molecular flexibility index (Phi) is 7.58. The highest BCUT2D eigenvalue weighted by Gasteiger charge is 2.11. The molecule has 0 saturated carbocycles. The second-order valence-electron chi connectivity index (χ2n) is 3.76. The minimum absolute atomic E-state index is 0.114. The number of aliphatic hydroxyl groups is 1. The SMILES string of the molecule is CCCCCCC(CC)C(C)O. The van der Waals surface area contributed by atoms with Crippen molar-refractivity contribution in [2.24, 2.45) is 5.92 Å². The molecule has 0 rings (SSSR count). The first-order chi connectivity index (χ1) is 5.72. The fourth-order valence-electron chi connectivity index (χ4n) is 1.62. The summed E-state index contributed by atoms with van der Waals surface area (Å²) in [5, 5.41) is 9.37. The van der Waals surface area contributed by atoms with E-state index in [4.69, 9.17) is 0 Å². The van der Waals surface area contributed by atoms with Gasteiger partial charge in [-0.1, -0.05) is 46.0 Å². The van der Waals surface area contributed by atoms with Crippen LogP contribution in [0, 0.1) is 5.92 Å². The Balaban J connectivity index is 3.32. The summed E-state index contributed by atoms with van der Waals surface area (Å²) in [5.74, 6) is 0.529. The van der Waals surface area contributed by atoms with E-state index in [9.17, 15) is 5.11 Å². The van der Waals surface area contributed by atoms with E-state index in [0.717, 1.165) is 6.42 Å². The van der Waals surface area contributed by atoms with E-state index in [1.54, 1.807) is 0 Å². The van der Waals surface area contributed by atoms with Crippen LogP contribution in [-0.2, 0) is 0 Å². The summed E-state index contributed by atoms with van der Waals surface area (Å²) in [6.45, 7) is 6.30. The summed E-state index contributed by atoms with van der Waals surface area (Å²) in [4.78, 5) is 0. The van der Waals surface area contributed by atoms with Gasteiger partial charge in [-0.15, -0.1) is 0 Å². The zero-order valence-electron chi connectivity index (χ0n) is 8.84. The molecule has 0 spiro atoms. The average Bonchev–Trinajstić information content (AvgIpc) is 2.04. The Morgan fingerprint density at radius 3 is 2.17 bits per heavy atom. The highest BCUT2D eigenvalue weighted by Crippen LogP contribution is 2.17. The van der Waals surface area contributed by atoms with E-state index in [-0.39, 0.29) is 6.10 Å². The number of hydrogen-bond acceptors (Lipinski definition) is 1. The van der Waals surface area contributed by atoms with Crippen molar-refractivity contribution in [2.75, 3.05) is 0 Å². The van der Waals surface area contributed by atoms with Gasteiger partial charge in [0.15, 0.2) is 0 Å². The topological polar surface area (TPSA) is 20.2 Å². The molecule has 0 bridgehead atoms. The molecular weight excluding hydrogens is 148 g/mol. The first kappa shape index (κ1) is 12.0. The molecular formula is C11H24O. The lowest BCUT2D eigenvalue weighted by molar-refractivity contribution is 0.116. The molecule has 0 radical (unpaired) electrons. The molecule has 12 heavy (non-hydrogen) atoms. The average molecular weight is 172 g/mol. The maximum atomic E-state index is 9.37. The predicted octanol–water partition coefficient (Wildman–Crippen LogP) is 3.36. The smallest absolute Gasteiger partial charge is 0.0540 e. The van der Waals surface area contributed by atoms with Crippen molar-refractivity contribution in [3.63, 3.8) is 0 Å². The van der Waals surface area contributed by atoms with Gasteiger partial charge in [0.05, 0.1) is 6.10 Å². The summed E-state index contributed by atoms with van der Waals surface area (Å²) in [6.07, 6.45) is 7.47. The van der Waals surface area contributed by atoms with Gasteiger partial charge in [0.1, 0.15) is 0 Å². The monoisotopic (exact) mass is 172 g/mol. The molecule has 0 saturated heterocycles. The van der Waals surface area contributed by atoms with Crippen molar-refractivity contribution in [1.82, 2.24) is 0 Å². The Morgan fingerprint density at radius 2 is 1.75 bits per heavy atom. The summed E-state index contributed by atoms with van der Waals surface area (Å²) in [5.41, 5.74) is 0. The van der Waals surface area contributed by atoms with Crippen molar-refractivity contribution in [3.8, 4) is 0 Å². The van der Waals surface area contributed by atoms with Crippen molar-refractivity contribution in [1.29, 1.82) is 0 Å². The molecule has 0 amide bonds. The summed E-state index contributed by atoms with van der Waals surface area (Å²) < 4.78 is 0. The Labute approximate surface area is 77.2 Å². The minimum Gasteiger partial charge on any atom is -0.393 e. The van der Waals surface area contributed by atoms with Crippen molar-refractivity contribution >= 4 is 0 Å². The normalized spacial score (nSPS) is 16.0. The lowest BCUT2D eigenvalue weighted by Crippen LogP contribution is -2.15. The molecule has 0 aromatic rings. The zero-order valence-corrected chi connectivity index (χ0v) is 8.84. The fourth-order valence-corrected chi connectivity index (χ4v) is 1.62. The van der Waals surface area contributed by atoms with Crippen molar-refractivity contribution in [3.05, 3.63) is 0 Å². The third kappa shape index (κ3) is 5.59. The van der Waals surface area contributed by atoms with E-state index >= 15 is 0 Å². The number of aliphatic hydroxyl groups excluding tert-OH is 1. The maximum Gasteiger partial charge on any atom is 0.0540 e. The van der Waals surface area contributed by atoms with Gasteiger partial charge in [0, 0.05) is 0 Å². The van der Waals surface area contributed by atoms with Gasteiger partial charge in [0.25, 0.3) is 0 Å². The second kappa shape index (κ2) is 7.60. The number of unbranched alkanes of at least 4 members (excludes halogenated alkanes) is 3. The largest absolute Gasteiger partial charge is 0.393 e. The molecule has 0 heterocycles. The Bertz CT molecular complexity index is 89.0. The minimum atomic E-state index is -0.114. The van der Waals surface area contributed by atoms with Gasteiger partial charge in [-0.3, -0.25) is 0 Å². The molecule has 2 unspecified atom stereocenters. The molecule has 0 aliphatic carbocycles. The Morgan fingerprint density at radius 1 is 1.08 bits per heavy atom. The highest BCUT2D eigenvalue weighted by atomic mass is 16.3. The van der Waals surface area contributed by atoms with Crippen LogP contribution >= 0.6 is 0 Å². The molecule has 0 aromatic heterocycles. The molecule has 0 aromatic carbocycles. The molecule has 0 aliphatic rings.